The molecule has 0 radical (unpaired) electrons. The van der Waals surface area contributed by atoms with E-state index >= 15 is 0 Å². The van der Waals surface area contributed by atoms with Crippen LogP contribution in [-0.4, -0.2) is 5.91 Å². The first kappa shape index (κ1) is 12.6. The van der Waals surface area contributed by atoms with Crippen molar-refractivity contribution >= 4 is 11.6 Å². The first-order chi connectivity index (χ1) is 8.74. The second kappa shape index (κ2) is 6.20. The number of carbonyl (C=O) groups is 1. The second-order valence-electron chi connectivity index (χ2n) is 4.77. The Bertz CT molecular complexity index is 459. The number of rotatable bonds is 4. The Balaban J connectivity index is 1.80. The van der Waals surface area contributed by atoms with E-state index in [0.717, 1.165) is 18.5 Å². The van der Waals surface area contributed by atoms with Crippen molar-refractivity contribution in [1.82, 2.24) is 0 Å². The van der Waals surface area contributed by atoms with Gasteiger partial charge in [0.05, 0.1) is 0 Å². The van der Waals surface area contributed by atoms with E-state index in [2.05, 4.69) is 30.5 Å². The van der Waals surface area contributed by atoms with E-state index in [1.54, 1.807) is 0 Å². The lowest BCUT2D eigenvalue weighted by Crippen LogP contribution is -2.11. The standard InChI is InChI=1S/C16H19NO/c1-13-6-5-7-14(12-13)10-11-16(18)17-15-8-3-2-4-9-15/h2-5,7-9,12-13H,6,10-11H2,1H3,(H,17,18). The summed E-state index contributed by atoms with van der Waals surface area (Å²) in [5.41, 5.74) is 2.14. The van der Waals surface area contributed by atoms with Crippen molar-refractivity contribution in [2.75, 3.05) is 5.32 Å². The SMILES string of the molecule is CC1C=C(CCC(=O)Nc2ccccc2)C=CC1. The molecule has 2 heteroatoms. The highest BCUT2D eigenvalue weighted by Gasteiger charge is 2.07. The van der Waals surface area contributed by atoms with Crippen molar-refractivity contribution in [3.8, 4) is 0 Å². The van der Waals surface area contributed by atoms with Gasteiger partial charge in [-0.25, -0.2) is 0 Å². The van der Waals surface area contributed by atoms with Gasteiger partial charge in [-0.3, -0.25) is 4.79 Å². The van der Waals surface area contributed by atoms with Crippen LogP contribution in [-0.2, 0) is 4.79 Å². The topological polar surface area (TPSA) is 29.1 Å². The number of nitrogens with one attached hydrogen (secondary N) is 1. The molecule has 0 saturated heterocycles. The minimum Gasteiger partial charge on any atom is -0.326 e. The number of benzene rings is 1. The van der Waals surface area contributed by atoms with Gasteiger partial charge in [0.2, 0.25) is 5.91 Å². The molecule has 0 bridgehead atoms. The Morgan fingerprint density at radius 1 is 1.33 bits per heavy atom. The Labute approximate surface area is 108 Å². The van der Waals surface area contributed by atoms with Crippen molar-refractivity contribution in [3.63, 3.8) is 0 Å². The largest absolute Gasteiger partial charge is 0.326 e. The maximum absolute atomic E-state index is 11.8. The van der Waals surface area contributed by atoms with E-state index in [1.807, 2.05) is 30.3 Å². The van der Waals surface area contributed by atoms with Gasteiger partial charge in [0, 0.05) is 12.1 Å². The predicted molar refractivity (Wildman–Crippen MR) is 75.3 cm³/mol. The van der Waals surface area contributed by atoms with Crippen LogP contribution in [0, 0.1) is 5.92 Å². The lowest BCUT2D eigenvalue weighted by atomic mass is 9.95. The molecule has 1 N–H and O–H groups in total. The summed E-state index contributed by atoms with van der Waals surface area (Å²) in [5.74, 6) is 0.677. The fraction of sp³-hybridized carbons (Fsp3) is 0.312. The molecule has 2 rings (SSSR count). The van der Waals surface area contributed by atoms with Crippen LogP contribution in [0.3, 0.4) is 0 Å². The predicted octanol–water partition coefficient (Wildman–Crippen LogP) is 3.93. The molecule has 1 aromatic carbocycles. The van der Waals surface area contributed by atoms with Crippen LogP contribution >= 0.6 is 0 Å². The number of para-hydroxylation sites is 1. The van der Waals surface area contributed by atoms with Gasteiger partial charge < -0.3 is 5.32 Å². The fourth-order valence-corrected chi connectivity index (χ4v) is 2.09. The average Bonchev–Trinajstić information content (AvgIpc) is 2.38. The lowest BCUT2D eigenvalue weighted by molar-refractivity contribution is -0.116. The highest BCUT2D eigenvalue weighted by Crippen LogP contribution is 2.19. The highest BCUT2D eigenvalue weighted by molar-refractivity contribution is 5.90. The Morgan fingerprint density at radius 2 is 2.11 bits per heavy atom. The number of allylic oxidation sites excluding steroid dienone is 4. The van der Waals surface area contributed by atoms with Crippen LogP contribution in [0.5, 0.6) is 0 Å². The molecule has 1 amide bonds. The zero-order valence-corrected chi connectivity index (χ0v) is 10.7. The lowest BCUT2D eigenvalue weighted by Gasteiger charge is -2.12. The first-order valence-corrected chi connectivity index (χ1v) is 6.46. The molecule has 94 valence electrons. The number of hydrogen-bond donors (Lipinski definition) is 1. The zero-order chi connectivity index (χ0) is 12.8. The first-order valence-electron chi connectivity index (χ1n) is 6.46. The van der Waals surface area contributed by atoms with Gasteiger partial charge in [-0.15, -0.1) is 0 Å². The summed E-state index contributed by atoms with van der Waals surface area (Å²) < 4.78 is 0. The van der Waals surface area contributed by atoms with E-state index in [9.17, 15) is 4.79 Å². The molecule has 0 fully saturated rings. The van der Waals surface area contributed by atoms with E-state index in [0.29, 0.717) is 12.3 Å². The summed E-state index contributed by atoms with van der Waals surface area (Å²) in [6.07, 6.45) is 9.05. The van der Waals surface area contributed by atoms with E-state index in [-0.39, 0.29) is 5.91 Å². The molecule has 1 unspecified atom stereocenters. The monoisotopic (exact) mass is 241 g/mol. The molecular weight excluding hydrogens is 222 g/mol. The smallest absolute Gasteiger partial charge is 0.224 e. The Morgan fingerprint density at radius 3 is 2.83 bits per heavy atom. The summed E-state index contributed by atoms with van der Waals surface area (Å²) in [4.78, 5) is 11.8. The summed E-state index contributed by atoms with van der Waals surface area (Å²) >= 11 is 0. The second-order valence-corrected chi connectivity index (χ2v) is 4.77. The quantitative estimate of drug-likeness (QED) is 0.850. The van der Waals surface area contributed by atoms with Gasteiger partial charge in [-0.1, -0.05) is 48.9 Å². The number of carbonyl (C=O) groups excluding carboxylic acids is 1. The van der Waals surface area contributed by atoms with Gasteiger partial charge in [-0.05, 0) is 30.9 Å². The van der Waals surface area contributed by atoms with Crippen molar-refractivity contribution in [3.05, 3.63) is 54.1 Å². The molecule has 1 aromatic rings. The minimum absolute atomic E-state index is 0.0775. The maximum atomic E-state index is 11.8. The summed E-state index contributed by atoms with van der Waals surface area (Å²) in [7, 11) is 0. The summed E-state index contributed by atoms with van der Waals surface area (Å²) in [6, 6.07) is 9.58. The third kappa shape index (κ3) is 3.88. The van der Waals surface area contributed by atoms with Gasteiger partial charge >= 0.3 is 0 Å². The summed E-state index contributed by atoms with van der Waals surface area (Å²) in [6.45, 7) is 2.20. The molecule has 0 heterocycles. The molecular formula is C16H19NO. The molecule has 1 aliphatic rings. The van der Waals surface area contributed by atoms with E-state index in [4.69, 9.17) is 0 Å². The van der Waals surface area contributed by atoms with Crippen LogP contribution in [0.15, 0.2) is 54.1 Å². The molecule has 2 nitrogen and oxygen atoms in total. The normalized spacial score (nSPS) is 18.3. The molecule has 0 aliphatic heterocycles. The Hall–Kier alpha value is -1.83. The van der Waals surface area contributed by atoms with Gasteiger partial charge in [0.1, 0.15) is 0 Å². The number of hydrogen-bond acceptors (Lipinski definition) is 1. The maximum Gasteiger partial charge on any atom is 0.224 e. The average molecular weight is 241 g/mol. The van der Waals surface area contributed by atoms with Crippen molar-refractivity contribution in [1.29, 1.82) is 0 Å². The zero-order valence-electron chi connectivity index (χ0n) is 10.7. The molecule has 1 atom stereocenters. The highest BCUT2D eigenvalue weighted by atomic mass is 16.1. The van der Waals surface area contributed by atoms with Crippen LogP contribution in [0.4, 0.5) is 5.69 Å². The van der Waals surface area contributed by atoms with Crippen LogP contribution in [0.2, 0.25) is 0 Å². The van der Waals surface area contributed by atoms with Gasteiger partial charge in [0.15, 0.2) is 0 Å². The number of anilines is 1. The fourth-order valence-electron chi connectivity index (χ4n) is 2.09. The van der Waals surface area contributed by atoms with E-state index < -0.39 is 0 Å². The van der Waals surface area contributed by atoms with Gasteiger partial charge in [-0.2, -0.15) is 0 Å². The molecule has 1 aliphatic carbocycles. The van der Waals surface area contributed by atoms with Crippen molar-refractivity contribution < 1.29 is 4.79 Å². The number of amides is 1. The van der Waals surface area contributed by atoms with Crippen molar-refractivity contribution in [2.24, 2.45) is 5.92 Å². The third-order valence-corrected chi connectivity index (χ3v) is 3.04. The molecule has 0 aromatic heterocycles. The minimum atomic E-state index is 0.0775. The molecule has 0 spiro atoms. The van der Waals surface area contributed by atoms with Crippen LogP contribution < -0.4 is 5.32 Å². The van der Waals surface area contributed by atoms with Crippen LogP contribution in [0.25, 0.3) is 0 Å². The molecule has 0 saturated carbocycles. The van der Waals surface area contributed by atoms with E-state index in [1.165, 1.54) is 5.57 Å². The third-order valence-electron chi connectivity index (χ3n) is 3.04. The van der Waals surface area contributed by atoms with Crippen LogP contribution in [0.1, 0.15) is 26.2 Å². The summed E-state index contributed by atoms with van der Waals surface area (Å²) in [5, 5.41) is 2.90. The molecule has 18 heavy (non-hydrogen) atoms. The van der Waals surface area contributed by atoms with Gasteiger partial charge in [0.25, 0.3) is 0 Å². The van der Waals surface area contributed by atoms with Crippen molar-refractivity contribution in [2.45, 2.75) is 26.2 Å². The Kier molecular flexibility index (Phi) is 4.35.